The molecule has 1 rings (SSSR count). The predicted molar refractivity (Wildman–Crippen MR) is 62.0 cm³/mol. The highest BCUT2D eigenvalue weighted by Crippen LogP contribution is 2.21. The third kappa shape index (κ3) is 3.32. The Morgan fingerprint density at radius 2 is 2.33 bits per heavy atom. The minimum absolute atomic E-state index is 0.159. The maximum atomic E-state index is 5.57. The molecular weight excluding hydrogens is 188 g/mol. The second-order valence-electron chi connectivity index (χ2n) is 4.25. The largest absolute Gasteiger partial charge is 0.337 e. The van der Waals surface area contributed by atoms with Crippen molar-refractivity contribution in [2.45, 2.75) is 39.2 Å². The maximum absolute atomic E-state index is 5.57. The first-order valence-corrected chi connectivity index (χ1v) is 5.62. The summed E-state index contributed by atoms with van der Waals surface area (Å²) in [4.78, 5) is 4.32. The SMILES string of the molecule is CCCC(C)CC(NN)c1nccn1C. The van der Waals surface area contributed by atoms with Gasteiger partial charge in [0.25, 0.3) is 0 Å². The quantitative estimate of drug-likeness (QED) is 0.555. The molecule has 1 heterocycles. The van der Waals surface area contributed by atoms with Gasteiger partial charge in [-0.25, -0.2) is 10.4 Å². The van der Waals surface area contributed by atoms with Crippen LogP contribution in [0.3, 0.4) is 0 Å². The van der Waals surface area contributed by atoms with Crippen molar-refractivity contribution in [1.29, 1.82) is 0 Å². The summed E-state index contributed by atoms with van der Waals surface area (Å²) in [5.74, 6) is 7.26. The molecule has 0 amide bonds. The molecule has 15 heavy (non-hydrogen) atoms. The molecule has 0 fully saturated rings. The molecule has 0 spiro atoms. The Kier molecular flexibility index (Phi) is 4.78. The Morgan fingerprint density at radius 1 is 1.60 bits per heavy atom. The van der Waals surface area contributed by atoms with Crippen molar-refractivity contribution >= 4 is 0 Å². The number of rotatable bonds is 6. The first-order valence-electron chi connectivity index (χ1n) is 5.62. The standard InChI is InChI=1S/C11H22N4/c1-4-5-9(2)8-10(14-12)11-13-6-7-15(11)3/h6-7,9-10,14H,4-5,8,12H2,1-3H3. The highest BCUT2D eigenvalue weighted by Gasteiger charge is 2.16. The lowest BCUT2D eigenvalue weighted by molar-refractivity contribution is 0.377. The van der Waals surface area contributed by atoms with Crippen molar-refractivity contribution in [2.24, 2.45) is 18.8 Å². The highest BCUT2D eigenvalue weighted by atomic mass is 15.3. The summed E-state index contributed by atoms with van der Waals surface area (Å²) in [6.07, 6.45) is 7.26. The first kappa shape index (κ1) is 12.2. The number of aryl methyl sites for hydroxylation is 1. The number of nitrogens with one attached hydrogen (secondary N) is 1. The molecule has 0 saturated carbocycles. The summed E-state index contributed by atoms with van der Waals surface area (Å²) in [6, 6.07) is 0.159. The van der Waals surface area contributed by atoms with Gasteiger partial charge in [0.05, 0.1) is 6.04 Å². The summed E-state index contributed by atoms with van der Waals surface area (Å²) in [6.45, 7) is 4.47. The molecule has 0 bridgehead atoms. The molecule has 1 aromatic heterocycles. The molecule has 1 aromatic rings. The molecule has 0 radical (unpaired) electrons. The fourth-order valence-electron chi connectivity index (χ4n) is 1.97. The Morgan fingerprint density at radius 3 is 2.80 bits per heavy atom. The summed E-state index contributed by atoms with van der Waals surface area (Å²) in [5, 5.41) is 0. The minimum Gasteiger partial charge on any atom is -0.337 e. The van der Waals surface area contributed by atoms with E-state index in [-0.39, 0.29) is 6.04 Å². The van der Waals surface area contributed by atoms with E-state index in [0.29, 0.717) is 5.92 Å². The van der Waals surface area contributed by atoms with E-state index in [4.69, 9.17) is 5.84 Å². The molecule has 4 heteroatoms. The van der Waals surface area contributed by atoms with Crippen LogP contribution in [-0.2, 0) is 7.05 Å². The van der Waals surface area contributed by atoms with E-state index in [0.717, 1.165) is 12.2 Å². The third-order valence-corrected chi connectivity index (χ3v) is 2.79. The number of aromatic nitrogens is 2. The number of nitrogens with zero attached hydrogens (tertiary/aromatic N) is 2. The second kappa shape index (κ2) is 5.88. The van der Waals surface area contributed by atoms with Crippen LogP contribution in [0.2, 0.25) is 0 Å². The lowest BCUT2D eigenvalue weighted by Gasteiger charge is -2.19. The van der Waals surface area contributed by atoms with Gasteiger partial charge in [-0.05, 0) is 12.3 Å². The number of hydrazine groups is 1. The van der Waals surface area contributed by atoms with Gasteiger partial charge in [0.1, 0.15) is 5.82 Å². The zero-order valence-corrected chi connectivity index (χ0v) is 9.90. The average Bonchev–Trinajstić information content (AvgIpc) is 2.61. The average molecular weight is 210 g/mol. The van der Waals surface area contributed by atoms with E-state index >= 15 is 0 Å². The molecule has 3 N–H and O–H groups in total. The molecule has 0 aliphatic heterocycles. The lowest BCUT2D eigenvalue weighted by Crippen LogP contribution is -2.31. The molecule has 0 aliphatic carbocycles. The topological polar surface area (TPSA) is 55.9 Å². The van der Waals surface area contributed by atoms with Crippen LogP contribution in [0.25, 0.3) is 0 Å². The zero-order valence-electron chi connectivity index (χ0n) is 9.90. The van der Waals surface area contributed by atoms with Crippen LogP contribution in [0, 0.1) is 5.92 Å². The first-order chi connectivity index (χ1) is 7.19. The Bertz CT molecular complexity index is 282. The van der Waals surface area contributed by atoms with Gasteiger partial charge in [0.15, 0.2) is 0 Å². The van der Waals surface area contributed by atoms with Crippen molar-refractivity contribution in [3.63, 3.8) is 0 Å². The van der Waals surface area contributed by atoms with Crippen LogP contribution in [0.1, 0.15) is 45.0 Å². The number of nitrogens with two attached hydrogens (primary N) is 1. The van der Waals surface area contributed by atoms with Crippen LogP contribution in [-0.4, -0.2) is 9.55 Å². The molecule has 86 valence electrons. The molecule has 0 saturated heterocycles. The predicted octanol–water partition coefficient (Wildman–Crippen LogP) is 1.75. The van der Waals surface area contributed by atoms with Crippen LogP contribution < -0.4 is 11.3 Å². The van der Waals surface area contributed by atoms with Gasteiger partial charge in [-0.15, -0.1) is 0 Å². The van der Waals surface area contributed by atoms with Gasteiger partial charge in [0.2, 0.25) is 0 Å². The van der Waals surface area contributed by atoms with Crippen LogP contribution in [0.15, 0.2) is 12.4 Å². The smallest absolute Gasteiger partial charge is 0.126 e. The molecule has 0 aliphatic rings. The van der Waals surface area contributed by atoms with Gasteiger partial charge < -0.3 is 4.57 Å². The van der Waals surface area contributed by atoms with Gasteiger partial charge in [0, 0.05) is 19.4 Å². The van der Waals surface area contributed by atoms with E-state index < -0.39 is 0 Å². The zero-order chi connectivity index (χ0) is 11.3. The molecule has 0 aromatic carbocycles. The van der Waals surface area contributed by atoms with Crippen LogP contribution in [0.4, 0.5) is 0 Å². The van der Waals surface area contributed by atoms with E-state index in [9.17, 15) is 0 Å². The van der Waals surface area contributed by atoms with Gasteiger partial charge in [-0.3, -0.25) is 5.84 Å². The number of hydrogen-bond acceptors (Lipinski definition) is 3. The van der Waals surface area contributed by atoms with E-state index in [2.05, 4.69) is 24.3 Å². The summed E-state index contributed by atoms with van der Waals surface area (Å²) < 4.78 is 2.02. The van der Waals surface area contributed by atoms with Gasteiger partial charge >= 0.3 is 0 Å². The van der Waals surface area contributed by atoms with E-state index in [1.54, 1.807) is 0 Å². The van der Waals surface area contributed by atoms with Crippen LogP contribution >= 0.6 is 0 Å². The van der Waals surface area contributed by atoms with Gasteiger partial charge in [-0.2, -0.15) is 0 Å². The fraction of sp³-hybridized carbons (Fsp3) is 0.727. The van der Waals surface area contributed by atoms with Crippen molar-refractivity contribution in [3.05, 3.63) is 18.2 Å². The van der Waals surface area contributed by atoms with Crippen molar-refractivity contribution in [3.8, 4) is 0 Å². The Hall–Kier alpha value is -0.870. The van der Waals surface area contributed by atoms with Crippen molar-refractivity contribution < 1.29 is 0 Å². The summed E-state index contributed by atoms with van der Waals surface area (Å²) >= 11 is 0. The number of imidazole rings is 1. The highest BCUT2D eigenvalue weighted by molar-refractivity contribution is 4.98. The molecule has 2 unspecified atom stereocenters. The third-order valence-electron chi connectivity index (χ3n) is 2.79. The Labute approximate surface area is 91.8 Å². The van der Waals surface area contributed by atoms with E-state index in [1.807, 2.05) is 24.0 Å². The minimum atomic E-state index is 0.159. The second-order valence-corrected chi connectivity index (χ2v) is 4.25. The fourth-order valence-corrected chi connectivity index (χ4v) is 1.97. The molecular formula is C11H22N4. The lowest BCUT2D eigenvalue weighted by atomic mass is 9.97. The van der Waals surface area contributed by atoms with E-state index in [1.165, 1.54) is 12.8 Å². The number of hydrogen-bond donors (Lipinski definition) is 2. The molecule has 2 atom stereocenters. The Balaban J connectivity index is 2.60. The monoisotopic (exact) mass is 210 g/mol. The van der Waals surface area contributed by atoms with Crippen molar-refractivity contribution in [2.75, 3.05) is 0 Å². The normalized spacial score (nSPS) is 15.2. The molecule has 4 nitrogen and oxygen atoms in total. The van der Waals surface area contributed by atoms with Crippen molar-refractivity contribution in [1.82, 2.24) is 15.0 Å². The summed E-state index contributed by atoms with van der Waals surface area (Å²) in [7, 11) is 2.00. The summed E-state index contributed by atoms with van der Waals surface area (Å²) in [5.41, 5.74) is 2.85. The van der Waals surface area contributed by atoms with Gasteiger partial charge in [-0.1, -0.05) is 26.7 Å². The van der Waals surface area contributed by atoms with Crippen LogP contribution in [0.5, 0.6) is 0 Å². The maximum Gasteiger partial charge on any atom is 0.126 e.